The third-order valence-electron chi connectivity index (χ3n) is 4.40. The lowest BCUT2D eigenvalue weighted by Crippen LogP contribution is -2.46. The molecular formula is C17H26ClFN2O2. The fourth-order valence-electron chi connectivity index (χ4n) is 3.17. The van der Waals surface area contributed by atoms with Crippen molar-refractivity contribution in [3.8, 4) is 5.75 Å². The predicted molar refractivity (Wildman–Crippen MR) is 91.5 cm³/mol. The Morgan fingerprint density at radius 2 is 2.09 bits per heavy atom. The number of carbonyl (C=O) groups is 1. The van der Waals surface area contributed by atoms with Gasteiger partial charge in [0.15, 0.2) is 11.6 Å². The zero-order valence-corrected chi connectivity index (χ0v) is 14.3. The van der Waals surface area contributed by atoms with Gasteiger partial charge in [0.25, 0.3) is 0 Å². The highest BCUT2D eigenvalue weighted by molar-refractivity contribution is 5.85. The summed E-state index contributed by atoms with van der Waals surface area (Å²) in [6.07, 6.45) is 6.09. The Bertz CT molecular complexity index is 507. The second kappa shape index (κ2) is 9.73. The van der Waals surface area contributed by atoms with Crippen LogP contribution in [0.3, 0.4) is 0 Å². The first-order valence-corrected chi connectivity index (χ1v) is 7.96. The quantitative estimate of drug-likeness (QED) is 0.834. The van der Waals surface area contributed by atoms with Crippen LogP contribution < -0.4 is 15.8 Å². The van der Waals surface area contributed by atoms with Crippen LogP contribution in [0.1, 0.15) is 37.7 Å². The van der Waals surface area contributed by atoms with E-state index in [1.165, 1.54) is 32.4 Å². The first-order chi connectivity index (χ1) is 10.6. The summed E-state index contributed by atoms with van der Waals surface area (Å²) in [6.45, 7) is 0.452. The van der Waals surface area contributed by atoms with Crippen molar-refractivity contribution in [2.24, 2.45) is 11.7 Å². The smallest absolute Gasteiger partial charge is 0.224 e. The normalized spacial score (nSPS) is 16.3. The van der Waals surface area contributed by atoms with E-state index in [0.717, 1.165) is 12.8 Å². The van der Waals surface area contributed by atoms with E-state index < -0.39 is 5.82 Å². The minimum atomic E-state index is -0.449. The van der Waals surface area contributed by atoms with Gasteiger partial charge in [0.1, 0.15) is 0 Å². The van der Waals surface area contributed by atoms with Gasteiger partial charge in [-0.3, -0.25) is 4.79 Å². The van der Waals surface area contributed by atoms with E-state index in [-0.39, 0.29) is 36.5 Å². The van der Waals surface area contributed by atoms with Crippen LogP contribution in [0.4, 0.5) is 4.39 Å². The van der Waals surface area contributed by atoms with Gasteiger partial charge in [0, 0.05) is 12.6 Å². The van der Waals surface area contributed by atoms with Gasteiger partial charge in [-0.2, -0.15) is 0 Å². The molecule has 0 radical (unpaired) electrons. The Kier molecular flexibility index (Phi) is 8.34. The molecule has 0 aliphatic heterocycles. The first-order valence-electron chi connectivity index (χ1n) is 7.96. The molecule has 1 unspecified atom stereocenters. The topological polar surface area (TPSA) is 64.3 Å². The standard InChI is InChI=1S/C17H25FN2O2.ClH/c1-22-16-8-7-12(9-14(16)18)10-17(21)20-15(11-19)13-5-3-2-4-6-13;/h7-9,13,15H,2-6,10-11,19H2,1H3,(H,20,21);1H. The number of amides is 1. The molecule has 1 aromatic carbocycles. The van der Waals surface area contributed by atoms with Crippen LogP contribution in [0.2, 0.25) is 0 Å². The summed E-state index contributed by atoms with van der Waals surface area (Å²) in [4.78, 5) is 12.2. The van der Waals surface area contributed by atoms with E-state index >= 15 is 0 Å². The van der Waals surface area contributed by atoms with Gasteiger partial charge >= 0.3 is 0 Å². The molecule has 0 heterocycles. The monoisotopic (exact) mass is 344 g/mol. The summed E-state index contributed by atoms with van der Waals surface area (Å²) in [5.74, 6) is 0.0996. The fourth-order valence-corrected chi connectivity index (χ4v) is 3.17. The Morgan fingerprint density at radius 1 is 1.39 bits per heavy atom. The molecule has 0 aromatic heterocycles. The number of hydrogen-bond acceptors (Lipinski definition) is 3. The molecule has 1 fully saturated rings. The zero-order chi connectivity index (χ0) is 15.9. The molecule has 1 aliphatic rings. The SMILES string of the molecule is COc1ccc(CC(=O)NC(CN)C2CCCCC2)cc1F.Cl. The average molecular weight is 345 g/mol. The van der Waals surface area contributed by atoms with E-state index in [1.807, 2.05) is 0 Å². The summed E-state index contributed by atoms with van der Waals surface area (Å²) in [6, 6.07) is 4.62. The van der Waals surface area contributed by atoms with Gasteiger partial charge in [-0.15, -0.1) is 12.4 Å². The maximum atomic E-state index is 13.6. The van der Waals surface area contributed by atoms with E-state index in [9.17, 15) is 9.18 Å². The van der Waals surface area contributed by atoms with Crippen LogP contribution in [0.25, 0.3) is 0 Å². The lowest BCUT2D eigenvalue weighted by atomic mass is 9.84. The molecule has 6 heteroatoms. The highest BCUT2D eigenvalue weighted by Gasteiger charge is 2.24. The summed E-state index contributed by atoms with van der Waals surface area (Å²) in [7, 11) is 1.42. The molecule has 0 bridgehead atoms. The predicted octanol–water partition coefficient (Wildman–Crippen LogP) is 2.82. The van der Waals surface area contributed by atoms with Gasteiger partial charge in [-0.25, -0.2) is 4.39 Å². The van der Waals surface area contributed by atoms with Crippen molar-refractivity contribution in [1.82, 2.24) is 5.32 Å². The number of hydrogen-bond donors (Lipinski definition) is 2. The molecular weight excluding hydrogens is 319 g/mol. The van der Waals surface area contributed by atoms with Crippen LogP contribution in [0.5, 0.6) is 5.75 Å². The minimum Gasteiger partial charge on any atom is -0.494 e. The van der Waals surface area contributed by atoms with E-state index in [4.69, 9.17) is 10.5 Å². The number of methoxy groups -OCH3 is 1. The molecule has 4 nitrogen and oxygen atoms in total. The maximum Gasteiger partial charge on any atom is 0.224 e. The van der Waals surface area contributed by atoms with Crippen molar-refractivity contribution < 1.29 is 13.9 Å². The lowest BCUT2D eigenvalue weighted by molar-refractivity contribution is -0.121. The third-order valence-corrected chi connectivity index (χ3v) is 4.40. The number of rotatable bonds is 6. The van der Waals surface area contributed by atoms with Crippen LogP contribution in [-0.4, -0.2) is 25.6 Å². The maximum absolute atomic E-state index is 13.6. The zero-order valence-electron chi connectivity index (χ0n) is 13.5. The van der Waals surface area contributed by atoms with Crippen LogP contribution >= 0.6 is 12.4 Å². The summed E-state index contributed by atoms with van der Waals surface area (Å²) >= 11 is 0. The fraction of sp³-hybridized carbons (Fsp3) is 0.588. The first kappa shape index (κ1) is 19.7. The molecule has 1 aliphatic carbocycles. The molecule has 1 aromatic rings. The van der Waals surface area contributed by atoms with Crippen LogP contribution in [0.15, 0.2) is 18.2 Å². The van der Waals surface area contributed by atoms with Gasteiger partial charge in [-0.05, 0) is 36.5 Å². The number of halogens is 2. The Balaban J connectivity index is 0.00000264. The summed E-state index contributed by atoms with van der Waals surface area (Å²) in [5, 5.41) is 3.02. The molecule has 1 atom stereocenters. The van der Waals surface area contributed by atoms with Gasteiger partial charge in [-0.1, -0.05) is 25.3 Å². The van der Waals surface area contributed by atoms with Crippen molar-refractivity contribution >= 4 is 18.3 Å². The van der Waals surface area contributed by atoms with Gasteiger partial charge < -0.3 is 15.8 Å². The average Bonchev–Trinajstić information content (AvgIpc) is 2.53. The van der Waals surface area contributed by atoms with Gasteiger partial charge in [0.2, 0.25) is 5.91 Å². The van der Waals surface area contributed by atoms with E-state index in [2.05, 4.69) is 5.32 Å². The second-order valence-electron chi connectivity index (χ2n) is 5.95. The molecule has 3 N–H and O–H groups in total. The van der Waals surface area contributed by atoms with Crippen molar-refractivity contribution in [3.63, 3.8) is 0 Å². The number of nitrogens with two attached hydrogens (primary N) is 1. The van der Waals surface area contributed by atoms with Crippen LogP contribution in [-0.2, 0) is 11.2 Å². The number of carbonyl (C=O) groups excluding carboxylic acids is 1. The highest BCUT2D eigenvalue weighted by atomic mass is 35.5. The van der Waals surface area contributed by atoms with Crippen LogP contribution in [0, 0.1) is 11.7 Å². The molecule has 23 heavy (non-hydrogen) atoms. The van der Waals surface area contributed by atoms with Gasteiger partial charge in [0.05, 0.1) is 13.5 Å². The van der Waals surface area contributed by atoms with E-state index in [0.29, 0.717) is 18.0 Å². The Labute approximate surface area is 143 Å². The molecule has 0 spiro atoms. The Hall–Kier alpha value is -1.33. The summed E-state index contributed by atoms with van der Waals surface area (Å²) in [5.41, 5.74) is 6.45. The summed E-state index contributed by atoms with van der Waals surface area (Å²) < 4.78 is 18.5. The molecule has 1 saturated carbocycles. The van der Waals surface area contributed by atoms with Crippen molar-refractivity contribution in [3.05, 3.63) is 29.6 Å². The highest BCUT2D eigenvalue weighted by Crippen LogP contribution is 2.26. The second-order valence-corrected chi connectivity index (χ2v) is 5.95. The number of nitrogens with one attached hydrogen (secondary N) is 1. The Morgan fingerprint density at radius 3 is 2.65 bits per heavy atom. The minimum absolute atomic E-state index is 0. The number of benzene rings is 1. The molecule has 2 rings (SSSR count). The molecule has 0 saturated heterocycles. The largest absolute Gasteiger partial charge is 0.494 e. The van der Waals surface area contributed by atoms with Crippen molar-refractivity contribution in [2.45, 2.75) is 44.6 Å². The third kappa shape index (κ3) is 5.66. The van der Waals surface area contributed by atoms with E-state index in [1.54, 1.807) is 12.1 Å². The lowest BCUT2D eigenvalue weighted by Gasteiger charge is -2.30. The van der Waals surface area contributed by atoms with Crippen molar-refractivity contribution in [2.75, 3.05) is 13.7 Å². The molecule has 130 valence electrons. The molecule has 1 amide bonds. The number of ether oxygens (including phenoxy) is 1. The van der Waals surface area contributed by atoms with Crippen molar-refractivity contribution in [1.29, 1.82) is 0 Å².